The summed E-state index contributed by atoms with van der Waals surface area (Å²) in [6.07, 6.45) is 7.65. The Morgan fingerprint density at radius 3 is 2.78 bits per heavy atom. The van der Waals surface area contributed by atoms with Gasteiger partial charge in [-0.05, 0) is 0 Å². The minimum Gasteiger partial charge on any atom is -0.388 e. The molecule has 94 valence electrons. The number of aryl methyl sites for hydroxylation is 1. The summed E-state index contributed by atoms with van der Waals surface area (Å²) in [5, 5.41) is 3.17. The summed E-state index contributed by atoms with van der Waals surface area (Å²) in [5.74, 6) is 1.61. The van der Waals surface area contributed by atoms with Crippen molar-refractivity contribution in [2.45, 2.75) is 6.42 Å². The van der Waals surface area contributed by atoms with Gasteiger partial charge in [0.1, 0.15) is 16.5 Å². The molecule has 2 aromatic heterocycles. The third-order valence-corrected chi connectivity index (χ3v) is 2.69. The number of nitrogens with zero attached hydrogens (tertiary/aromatic N) is 4. The fourth-order valence-electron chi connectivity index (χ4n) is 1.58. The van der Waals surface area contributed by atoms with Gasteiger partial charge in [0, 0.05) is 44.8 Å². The van der Waals surface area contributed by atoms with E-state index in [1.165, 1.54) is 0 Å². The molecule has 3 N–H and O–H groups in total. The van der Waals surface area contributed by atoms with Crippen LogP contribution in [0.5, 0.6) is 0 Å². The number of hydrogen-bond acceptors (Lipinski definition) is 5. The van der Waals surface area contributed by atoms with Gasteiger partial charge in [0.25, 0.3) is 0 Å². The molecule has 2 heterocycles. The maximum atomic E-state index is 5.58. The van der Waals surface area contributed by atoms with Crippen molar-refractivity contribution in [1.29, 1.82) is 0 Å². The van der Waals surface area contributed by atoms with Crippen LogP contribution in [0.2, 0.25) is 0 Å². The Hall–Kier alpha value is -2.02. The van der Waals surface area contributed by atoms with Crippen LogP contribution in [-0.4, -0.2) is 31.1 Å². The number of nitrogens with two attached hydrogens (primary N) is 1. The molecule has 7 heteroatoms. The predicted molar refractivity (Wildman–Crippen MR) is 73.3 cm³/mol. The molecule has 0 aliphatic heterocycles. The van der Waals surface area contributed by atoms with Gasteiger partial charge in [0.2, 0.25) is 0 Å². The molecule has 0 aliphatic rings. The zero-order chi connectivity index (χ0) is 13.0. The molecule has 0 aromatic carbocycles. The Morgan fingerprint density at radius 2 is 2.11 bits per heavy atom. The predicted octanol–water partition coefficient (Wildman–Crippen LogP) is 0.499. The monoisotopic (exact) mass is 262 g/mol. The van der Waals surface area contributed by atoms with Crippen molar-refractivity contribution in [3.8, 4) is 0 Å². The molecule has 6 nitrogen and oxygen atoms in total. The first kappa shape index (κ1) is 12.4. The number of imidazole rings is 1. The van der Waals surface area contributed by atoms with Crippen LogP contribution in [0.1, 0.15) is 11.5 Å². The second-order valence-electron chi connectivity index (χ2n) is 3.75. The second kappa shape index (κ2) is 5.54. The average Bonchev–Trinajstić information content (AvgIpc) is 2.76. The van der Waals surface area contributed by atoms with Crippen LogP contribution in [0.25, 0.3) is 0 Å². The molecule has 0 aliphatic carbocycles. The van der Waals surface area contributed by atoms with E-state index in [2.05, 4.69) is 20.3 Å². The van der Waals surface area contributed by atoms with Crippen LogP contribution in [0.3, 0.4) is 0 Å². The zero-order valence-corrected chi connectivity index (χ0v) is 10.8. The van der Waals surface area contributed by atoms with E-state index >= 15 is 0 Å². The standard InChI is InChI=1S/C11H14N6S/c1-17-7-6-13-8(17)2-3-15-11-9(10(12)18)14-4-5-16-11/h4-7H,2-3H2,1H3,(H2,12,18)(H,15,16). The Bertz CT molecular complexity index is 550. The average molecular weight is 262 g/mol. The van der Waals surface area contributed by atoms with Gasteiger partial charge in [0.15, 0.2) is 5.82 Å². The maximum absolute atomic E-state index is 5.58. The van der Waals surface area contributed by atoms with E-state index in [9.17, 15) is 0 Å². The summed E-state index contributed by atoms with van der Waals surface area (Å²) in [4.78, 5) is 12.8. The van der Waals surface area contributed by atoms with Gasteiger partial charge in [-0.1, -0.05) is 12.2 Å². The van der Waals surface area contributed by atoms with Crippen LogP contribution in [0.15, 0.2) is 24.8 Å². The number of nitrogens with one attached hydrogen (secondary N) is 1. The molecule has 0 radical (unpaired) electrons. The molecule has 0 spiro atoms. The minimum absolute atomic E-state index is 0.239. The topological polar surface area (TPSA) is 81.7 Å². The van der Waals surface area contributed by atoms with E-state index in [1.54, 1.807) is 18.6 Å². The van der Waals surface area contributed by atoms with Gasteiger partial charge in [-0.25, -0.2) is 15.0 Å². The molecular formula is C11H14N6S. The smallest absolute Gasteiger partial charge is 0.155 e. The molecule has 0 amide bonds. The lowest BCUT2D eigenvalue weighted by molar-refractivity contribution is 0.788. The minimum atomic E-state index is 0.239. The van der Waals surface area contributed by atoms with Crippen LogP contribution in [0, 0.1) is 0 Å². The quantitative estimate of drug-likeness (QED) is 0.764. The fourth-order valence-corrected chi connectivity index (χ4v) is 1.73. The highest BCUT2D eigenvalue weighted by Gasteiger charge is 2.07. The lowest BCUT2D eigenvalue weighted by Crippen LogP contribution is -2.17. The number of aromatic nitrogens is 4. The first-order valence-corrected chi connectivity index (χ1v) is 5.90. The van der Waals surface area contributed by atoms with E-state index in [1.807, 2.05) is 17.8 Å². The molecular weight excluding hydrogens is 248 g/mol. The Kier molecular flexibility index (Phi) is 3.83. The SMILES string of the molecule is Cn1ccnc1CCNc1nccnc1C(N)=S. The zero-order valence-electron chi connectivity index (χ0n) is 10.00. The van der Waals surface area contributed by atoms with Gasteiger partial charge in [-0.2, -0.15) is 0 Å². The van der Waals surface area contributed by atoms with Crippen LogP contribution in [0.4, 0.5) is 5.82 Å². The molecule has 0 saturated heterocycles. The van der Waals surface area contributed by atoms with Crippen molar-refractivity contribution in [1.82, 2.24) is 19.5 Å². The number of anilines is 1. The normalized spacial score (nSPS) is 10.3. The van der Waals surface area contributed by atoms with E-state index in [0.29, 0.717) is 18.1 Å². The summed E-state index contributed by atoms with van der Waals surface area (Å²) < 4.78 is 1.98. The summed E-state index contributed by atoms with van der Waals surface area (Å²) in [5.41, 5.74) is 6.10. The molecule has 0 bridgehead atoms. The van der Waals surface area contributed by atoms with E-state index in [-0.39, 0.29) is 4.99 Å². The molecule has 0 saturated carbocycles. The molecule has 0 unspecified atom stereocenters. The number of rotatable bonds is 5. The van der Waals surface area contributed by atoms with Gasteiger partial charge >= 0.3 is 0 Å². The maximum Gasteiger partial charge on any atom is 0.155 e. The lowest BCUT2D eigenvalue weighted by Gasteiger charge is -2.08. The molecule has 2 aromatic rings. The van der Waals surface area contributed by atoms with Gasteiger partial charge < -0.3 is 15.6 Å². The van der Waals surface area contributed by atoms with Gasteiger partial charge in [-0.15, -0.1) is 0 Å². The Morgan fingerprint density at radius 1 is 1.33 bits per heavy atom. The van der Waals surface area contributed by atoms with Crippen LogP contribution < -0.4 is 11.1 Å². The summed E-state index contributed by atoms with van der Waals surface area (Å²) in [6, 6.07) is 0. The molecule has 0 fully saturated rings. The van der Waals surface area contributed by atoms with E-state index < -0.39 is 0 Å². The summed E-state index contributed by atoms with van der Waals surface area (Å²) in [6.45, 7) is 0.694. The molecule has 0 atom stereocenters. The first-order valence-electron chi connectivity index (χ1n) is 5.49. The third-order valence-electron chi connectivity index (χ3n) is 2.49. The van der Waals surface area contributed by atoms with Crippen LogP contribution in [-0.2, 0) is 13.5 Å². The highest BCUT2D eigenvalue weighted by Crippen LogP contribution is 2.08. The van der Waals surface area contributed by atoms with Crippen molar-refractivity contribution in [3.63, 3.8) is 0 Å². The van der Waals surface area contributed by atoms with Crippen molar-refractivity contribution < 1.29 is 0 Å². The lowest BCUT2D eigenvalue weighted by atomic mass is 10.3. The van der Waals surface area contributed by atoms with Crippen molar-refractivity contribution >= 4 is 23.0 Å². The molecule has 2 rings (SSSR count). The van der Waals surface area contributed by atoms with Gasteiger partial charge in [0.05, 0.1) is 0 Å². The second-order valence-corrected chi connectivity index (χ2v) is 4.19. The summed E-state index contributed by atoms with van der Waals surface area (Å²) >= 11 is 4.92. The van der Waals surface area contributed by atoms with Gasteiger partial charge in [-0.3, -0.25) is 0 Å². The number of hydrogen-bond donors (Lipinski definition) is 2. The van der Waals surface area contributed by atoms with Crippen molar-refractivity contribution in [2.24, 2.45) is 12.8 Å². The van der Waals surface area contributed by atoms with Crippen molar-refractivity contribution in [2.75, 3.05) is 11.9 Å². The third kappa shape index (κ3) is 2.80. The Balaban J connectivity index is 1.99. The Labute approximate surface area is 110 Å². The van der Waals surface area contributed by atoms with E-state index in [4.69, 9.17) is 18.0 Å². The highest BCUT2D eigenvalue weighted by atomic mass is 32.1. The molecule has 18 heavy (non-hydrogen) atoms. The fraction of sp³-hybridized carbons (Fsp3) is 0.273. The summed E-state index contributed by atoms with van der Waals surface area (Å²) in [7, 11) is 1.96. The van der Waals surface area contributed by atoms with Crippen LogP contribution >= 0.6 is 12.2 Å². The van der Waals surface area contributed by atoms with Crippen molar-refractivity contribution in [3.05, 3.63) is 36.3 Å². The number of thiocarbonyl (C=S) groups is 1. The van der Waals surface area contributed by atoms with E-state index in [0.717, 1.165) is 12.2 Å². The highest BCUT2D eigenvalue weighted by molar-refractivity contribution is 7.80. The first-order chi connectivity index (χ1) is 8.68. The largest absolute Gasteiger partial charge is 0.388 e.